The van der Waals surface area contributed by atoms with E-state index in [2.05, 4.69) is 53.3 Å². The van der Waals surface area contributed by atoms with Gasteiger partial charge >= 0.3 is 0 Å². The van der Waals surface area contributed by atoms with Gasteiger partial charge in [-0.2, -0.15) is 0 Å². The highest BCUT2D eigenvalue weighted by Crippen LogP contribution is 2.23. The Morgan fingerprint density at radius 3 is 2.87 bits per heavy atom. The molecule has 1 aromatic rings. The summed E-state index contributed by atoms with van der Waals surface area (Å²) >= 11 is 3.50. The predicted octanol–water partition coefficient (Wildman–Crippen LogP) is 3.35. The van der Waals surface area contributed by atoms with Gasteiger partial charge in [0.25, 0.3) is 0 Å². The van der Waals surface area contributed by atoms with Crippen molar-refractivity contribution in [3.8, 4) is 0 Å². The first-order valence-electron chi connectivity index (χ1n) is 5.31. The SMILES string of the molecule is Cc1cc(N[C@H]2CCO[C@H]2C)ccc1Br. The van der Waals surface area contributed by atoms with Gasteiger partial charge in [0, 0.05) is 16.8 Å². The van der Waals surface area contributed by atoms with Gasteiger partial charge in [0.2, 0.25) is 0 Å². The zero-order valence-corrected chi connectivity index (χ0v) is 10.7. The molecule has 0 saturated carbocycles. The third-order valence-corrected chi connectivity index (χ3v) is 3.78. The molecule has 2 atom stereocenters. The fourth-order valence-electron chi connectivity index (χ4n) is 1.87. The Morgan fingerprint density at radius 2 is 2.27 bits per heavy atom. The molecule has 1 N–H and O–H groups in total. The van der Waals surface area contributed by atoms with Gasteiger partial charge in [-0.15, -0.1) is 0 Å². The number of ether oxygens (including phenoxy) is 1. The maximum Gasteiger partial charge on any atom is 0.0748 e. The van der Waals surface area contributed by atoms with Crippen LogP contribution in [0.5, 0.6) is 0 Å². The second-order valence-corrected chi connectivity index (χ2v) is 4.93. The van der Waals surface area contributed by atoms with Crippen LogP contribution in [0.4, 0.5) is 5.69 Å². The molecule has 0 bridgehead atoms. The normalized spacial score (nSPS) is 25.5. The average Bonchev–Trinajstić information content (AvgIpc) is 2.59. The van der Waals surface area contributed by atoms with Crippen LogP contribution in [0.2, 0.25) is 0 Å². The van der Waals surface area contributed by atoms with E-state index in [1.54, 1.807) is 0 Å². The molecule has 1 aromatic carbocycles. The first-order chi connectivity index (χ1) is 7.16. The van der Waals surface area contributed by atoms with Crippen LogP contribution >= 0.6 is 15.9 Å². The number of anilines is 1. The van der Waals surface area contributed by atoms with Crippen LogP contribution < -0.4 is 5.32 Å². The van der Waals surface area contributed by atoms with Crippen molar-refractivity contribution < 1.29 is 4.74 Å². The van der Waals surface area contributed by atoms with Crippen molar-refractivity contribution in [3.63, 3.8) is 0 Å². The Labute approximate surface area is 99.1 Å². The highest BCUT2D eigenvalue weighted by Gasteiger charge is 2.23. The van der Waals surface area contributed by atoms with Crippen molar-refractivity contribution in [2.75, 3.05) is 11.9 Å². The van der Waals surface area contributed by atoms with E-state index in [0.717, 1.165) is 17.5 Å². The molecular formula is C12H16BrNO. The molecule has 1 heterocycles. The summed E-state index contributed by atoms with van der Waals surface area (Å²) in [6.07, 6.45) is 1.41. The standard InChI is InChI=1S/C12H16BrNO/c1-8-7-10(3-4-11(8)13)14-12-5-6-15-9(12)2/h3-4,7,9,12,14H,5-6H2,1-2H3/t9-,12-/m0/s1. The third kappa shape index (κ3) is 2.52. The van der Waals surface area contributed by atoms with E-state index in [1.807, 2.05) is 0 Å². The zero-order valence-electron chi connectivity index (χ0n) is 9.09. The number of hydrogen-bond acceptors (Lipinski definition) is 2. The van der Waals surface area contributed by atoms with E-state index in [-0.39, 0.29) is 0 Å². The van der Waals surface area contributed by atoms with Crippen LogP contribution in [0.1, 0.15) is 18.9 Å². The summed E-state index contributed by atoms with van der Waals surface area (Å²) in [4.78, 5) is 0. The number of nitrogens with one attached hydrogen (secondary N) is 1. The van der Waals surface area contributed by atoms with Crippen LogP contribution in [0.15, 0.2) is 22.7 Å². The first kappa shape index (κ1) is 11.0. The van der Waals surface area contributed by atoms with Crippen molar-refractivity contribution >= 4 is 21.6 Å². The number of benzene rings is 1. The van der Waals surface area contributed by atoms with E-state index in [9.17, 15) is 0 Å². The minimum Gasteiger partial charge on any atom is -0.380 e. The Hall–Kier alpha value is -0.540. The molecule has 0 unspecified atom stereocenters. The van der Waals surface area contributed by atoms with Crippen molar-refractivity contribution in [1.29, 1.82) is 0 Å². The first-order valence-corrected chi connectivity index (χ1v) is 6.10. The number of halogens is 1. The number of rotatable bonds is 2. The maximum absolute atomic E-state index is 5.52. The Kier molecular flexibility index (Phi) is 3.32. The lowest BCUT2D eigenvalue weighted by Gasteiger charge is -2.17. The molecule has 1 fully saturated rings. The van der Waals surface area contributed by atoms with Gasteiger partial charge in [-0.05, 0) is 44.0 Å². The molecule has 1 aliphatic rings. The van der Waals surface area contributed by atoms with E-state index < -0.39 is 0 Å². The molecule has 1 aliphatic heterocycles. The molecule has 15 heavy (non-hydrogen) atoms. The van der Waals surface area contributed by atoms with Gasteiger partial charge in [-0.3, -0.25) is 0 Å². The lowest BCUT2D eigenvalue weighted by Crippen LogP contribution is -2.26. The van der Waals surface area contributed by atoms with E-state index in [1.165, 1.54) is 11.3 Å². The van der Waals surface area contributed by atoms with Gasteiger partial charge in [0.05, 0.1) is 12.1 Å². The highest BCUT2D eigenvalue weighted by molar-refractivity contribution is 9.10. The molecule has 0 amide bonds. The van der Waals surface area contributed by atoms with Crippen LogP contribution in [-0.2, 0) is 4.74 Å². The quantitative estimate of drug-likeness (QED) is 0.889. The molecular weight excluding hydrogens is 254 g/mol. The second kappa shape index (κ2) is 4.54. The summed E-state index contributed by atoms with van der Waals surface area (Å²) in [5.41, 5.74) is 2.43. The largest absolute Gasteiger partial charge is 0.380 e. The fourth-order valence-corrected chi connectivity index (χ4v) is 2.12. The molecule has 2 rings (SSSR count). The van der Waals surface area contributed by atoms with E-state index in [4.69, 9.17) is 4.74 Å². The molecule has 0 spiro atoms. The van der Waals surface area contributed by atoms with E-state index in [0.29, 0.717) is 12.1 Å². The van der Waals surface area contributed by atoms with Gasteiger partial charge in [-0.1, -0.05) is 15.9 Å². The van der Waals surface area contributed by atoms with Crippen molar-refractivity contribution in [3.05, 3.63) is 28.2 Å². The summed E-state index contributed by atoms with van der Waals surface area (Å²) in [6, 6.07) is 6.79. The lowest BCUT2D eigenvalue weighted by atomic mass is 10.1. The molecule has 3 heteroatoms. The molecule has 0 aromatic heterocycles. The van der Waals surface area contributed by atoms with Crippen LogP contribution in [0.25, 0.3) is 0 Å². The fraction of sp³-hybridized carbons (Fsp3) is 0.500. The van der Waals surface area contributed by atoms with Crippen LogP contribution in [0.3, 0.4) is 0 Å². The molecule has 0 radical (unpaired) electrons. The second-order valence-electron chi connectivity index (χ2n) is 4.08. The minimum atomic E-state index is 0.314. The van der Waals surface area contributed by atoms with Gasteiger partial charge < -0.3 is 10.1 Å². The van der Waals surface area contributed by atoms with Crippen molar-refractivity contribution in [2.24, 2.45) is 0 Å². The Bertz CT molecular complexity index is 353. The van der Waals surface area contributed by atoms with Gasteiger partial charge in [0.1, 0.15) is 0 Å². The van der Waals surface area contributed by atoms with Crippen molar-refractivity contribution in [2.45, 2.75) is 32.4 Å². The third-order valence-electron chi connectivity index (χ3n) is 2.89. The summed E-state index contributed by atoms with van der Waals surface area (Å²) in [7, 11) is 0. The van der Waals surface area contributed by atoms with Crippen LogP contribution in [-0.4, -0.2) is 18.8 Å². The monoisotopic (exact) mass is 269 g/mol. The smallest absolute Gasteiger partial charge is 0.0748 e. The predicted molar refractivity (Wildman–Crippen MR) is 66.3 cm³/mol. The number of hydrogen-bond donors (Lipinski definition) is 1. The van der Waals surface area contributed by atoms with Crippen molar-refractivity contribution in [1.82, 2.24) is 0 Å². The summed E-state index contributed by atoms with van der Waals surface area (Å²) in [6.45, 7) is 5.09. The topological polar surface area (TPSA) is 21.3 Å². The minimum absolute atomic E-state index is 0.314. The summed E-state index contributed by atoms with van der Waals surface area (Å²) in [5.74, 6) is 0. The molecule has 82 valence electrons. The highest BCUT2D eigenvalue weighted by atomic mass is 79.9. The Morgan fingerprint density at radius 1 is 1.47 bits per heavy atom. The summed E-state index contributed by atoms with van der Waals surface area (Å²) in [5, 5.41) is 3.51. The molecule has 2 nitrogen and oxygen atoms in total. The van der Waals surface area contributed by atoms with Gasteiger partial charge in [0.15, 0.2) is 0 Å². The zero-order chi connectivity index (χ0) is 10.8. The summed E-state index contributed by atoms with van der Waals surface area (Å²) < 4.78 is 6.68. The maximum atomic E-state index is 5.52. The molecule has 0 aliphatic carbocycles. The van der Waals surface area contributed by atoms with Gasteiger partial charge in [-0.25, -0.2) is 0 Å². The lowest BCUT2D eigenvalue weighted by molar-refractivity contribution is 0.121. The average molecular weight is 270 g/mol. The van der Waals surface area contributed by atoms with Crippen LogP contribution in [0, 0.1) is 6.92 Å². The van der Waals surface area contributed by atoms with E-state index >= 15 is 0 Å². The number of aryl methyl sites for hydroxylation is 1. The Balaban J connectivity index is 2.07. The molecule has 1 saturated heterocycles.